The van der Waals surface area contributed by atoms with E-state index in [1.54, 1.807) is 24.3 Å². The molecule has 0 saturated heterocycles. The monoisotopic (exact) mass is 347 g/mol. The van der Waals surface area contributed by atoms with Gasteiger partial charge in [-0.25, -0.2) is 0 Å². The van der Waals surface area contributed by atoms with Crippen LogP contribution in [0.4, 0.5) is 0 Å². The highest BCUT2D eigenvalue weighted by Crippen LogP contribution is 2.09. The summed E-state index contributed by atoms with van der Waals surface area (Å²) >= 11 is 5.78. The summed E-state index contributed by atoms with van der Waals surface area (Å²) in [5.74, 6) is -0.152. The van der Waals surface area contributed by atoms with Crippen LogP contribution in [-0.4, -0.2) is 25.1 Å². The summed E-state index contributed by atoms with van der Waals surface area (Å²) in [6.07, 6.45) is 0.0827. The molecule has 0 aromatic heterocycles. The van der Waals surface area contributed by atoms with Crippen molar-refractivity contribution in [3.05, 3.63) is 65.2 Å². The number of benzene rings is 2. The molecule has 1 amide bonds. The van der Waals surface area contributed by atoms with E-state index in [0.717, 1.165) is 5.56 Å². The predicted octanol–water partition coefficient (Wildman–Crippen LogP) is 2.97. The first-order valence-corrected chi connectivity index (χ1v) is 7.86. The Balaban J connectivity index is 1.59. The standard InChI is InChI=1S/C18H18ClNO4/c19-15-8-6-14(7-9-15)12-20-17(21)13-24-18(22)10-11-23-16-4-2-1-3-5-16/h1-9H,10-13H2,(H,20,21). The molecule has 0 aliphatic heterocycles. The van der Waals surface area contributed by atoms with Gasteiger partial charge in [-0.1, -0.05) is 41.9 Å². The van der Waals surface area contributed by atoms with Gasteiger partial charge in [-0.3, -0.25) is 9.59 Å². The number of esters is 1. The number of rotatable bonds is 8. The van der Waals surface area contributed by atoms with Crippen LogP contribution in [0, 0.1) is 0 Å². The number of carbonyl (C=O) groups is 2. The van der Waals surface area contributed by atoms with E-state index in [-0.39, 0.29) is 25.5 Å². The summed E-state index contributed by atoms with van der Waals surface area (Å²) in [6.45, 7) is 0.248. The molecule has 0 aliphatic rings. The molecule has 5 nitrogen and oxygen atoms in total. The number of hydrogen-bond donors (Lipinski definition) is 1. The average molecular weight is 348 g/mol. The molecule has 0 bridgehead atoms. The SMILES string of the molecule is O=C(COC(=O)CCOc1ccccc1)NCc1ccc(Cl)cc1. The Bertz CT molecular complexity index is 658. The van der Waals surface area contributed by atoms with Crippen LogP contribution < -0.4 is 10.1 Å². The van der Waals surface area contributed by atoms with Crippen molar-refractivity contribution >= 4 is 23.5 Å². The van der Waals surface area contributed by atoms with Crippen LogP contribution in [0.3, 0.4) is 0 Å². The van der Waals surface area contributed by atoms with Crippen LogP contribution in [0.25, 0.3) is 0 Å². The van der Waals surface area contributed by atoms with Crippen molar-refractivity contribution in [2.75, 3.05) is 13.2 Å². The highest BCUT2D eigenvalue weighted by Gasteiger charge is 2.08. The predicted molar refractivity (Wildman–Crippen MR) is 90.8 cm³/mol. The molecule has 6 heteroatoms. The lowest BCUT2D eigenvalue weighted by molar-refractivity contribution is -0.149. The van der Waals surface area contributed by atoms with Gasteiger partial charge in [0.15, 0.2) is 6.61 Å². The van der Waals surface area contributed by atoms with Crippen molar-refractivity contribution in [1.82, 2.24) is 5.32 Å². The quantitative estimate of drug-likeness (QED) is 0.746. The maximum Gasteiger partial charge on any atom is 0.309 e. The number of nitrogens with one attached hydrogen (secondary N) is 1. The second-order valence-electron chi connectivity index (χ2n) is 4.98. The molecule has 0 saturated carbocycles. The zero-order valence-electron chi connectivity index (χ0n) is 13.0. The minimum atomic E-state index is -0.479. The Morgan fingerprint density at radius 2 is 1.71 bits per heavy atom. The van der Waals surface area contributed by atoms with Crippen molar-refractivity contribution in [2.24, 2.45) is 0 Å². The number of amides is 1. The summed E-state index contributed by atoms with van der Waals surface area (Å²) in [5, 5.41) is 3.30. The van der Waals surface area contributed by atoms with Gasteiger partial charge in [-0.15, -0.1) is 0 Å². The van der Waals surface area contributed by atoms with E-state index >= 15 is 0 Å². The van der Waals surface area contributed by atoms with E-state index in [1.165, 1.54) is 0 Å². The normalized spacial score (nSPS) is 10.0. The molecule has 1 N–H and O–H groups in total. The van der Waals surface area contributed by atoms with E-state index in [1.807, 2.05) is 30.3 Å². The van der Waals surface area contributed by atoms with Crippen LogP contribution in [0.1, 0.15) is 12.0 Å². The number of halogens is 1. The van der Waals surface area contributed by atoms with Crippen LogP contribution >= 0.6 is 11.6 Å². The fraction of sp³-hybridized carbons (Fsp3) is 0.222. The van der Waals surface area contributed by atoms with Crippen LogP contribution in [0.5, 0.6) is 5.75 Å². The first-order valence-electron chi connectivity index (χ1n) is 7.48. The maximum absolute atomic E-state index is 11.6. The third-order valence-corrected chi connectivity index (χ3v) is 3.34. The fourth-order valence-electron chi connectivity index (χ4n) is 1.84. The first-order chi connectivity index (χ1) is 11.6. The Kier molecular flexibility index (Phi) is 7.11. The largest absolute Gasteiger partial charge is 0.493 e. The molecule has 0 heterocycles. The van der Waals surface area contributed by atoms with Crippen molar-refractivity contribution in [3.63, 3.8) is 0 Å². The van der Waals surface area contributed by atoms with Crippen molar-refractivity contribution in [1.29, 1.82) is 0 Å². The van der Waals surface area contributed by atoms with Gasteiger partial charge >= 0.3 is 5.97 Å². The second kappa shape index (κ2) is 9.57. The van der Waals surface area contributed by atoms with E-state index in [4.69, 9.17) is 21.1 Å². The van der Waals surface area contributed by atoms with Gasteiger partial charge in [-0.2, -0.15) is 0 Å². The lowest BCUT2D eigenvalue weighted by atomic mass is 10.2. The summed E-state index contributed by atoms with van der Waals surface area (Å²) < 4.78 is 10.3. The number of ether oxygens (including phenoxy) is 2. The van der Waals surface area contributed by atoms with Gasteiger partial charge < -0.3 is 14.8 Å². The summed E-state index contributed by atoms with van der Waals surface area (Å²) in [6, 6.07) is 16.3. The molecule has 126 valence electrons. The molecule has 2 aromatic rings. The minimum absolute atomic E-state index is 0.0827. The van der Waals surface area contributed by atoms with Crippen molar-refractivity contribution in [2.45, 2.75) is 13.0 Å². The highest BCUT2D eigenvalue weighted by molar-refractivity contribution is 6.30. The highest BCUT2D eigenvalue weighted by atomic mass is 35.5. The molecule has 2 rings (SSSR count). The summed E-state index contributed by atoms with van der Waals surface area (Å²) in [5.41, 5.74) is 0.912. The molecule has 2 aromatic carbocycles. The number of hydrogen-bond acceptors (Lipinski definition) is 4. The number of para-hydroxylation sites is 1. The van der Waals surface area contributed by atoms with Crippen molar-refractivity contribution in [3.8, 4) is 5.75 Å². The first kappa shape index (κ1) is 17.8. The van der Waals surface area contributed by atoms with Crippen molar-refractivity contribution < 1.29 is 19.1 Å². The average Bonchev–Trinajstić information content (AvgIpc) is 2.60. The van der Waals surface area contributed by atoms with Gasteiger partial charge in [0.05, 0.1) is 13.0 Å². The topological polar surface area (TPSA) is 64.6 Å². The van der Waals surface area contributed by atoms with E-state index in [0.29, 0.717) is 17.3 Å². The molecule has 0 unspecified atom stereocenters. The lowest BCUT2D eigenvalue weighted by Crippen LogP contribution is -2.28. The van der Waals surface area contributed by atoms with Crippen LogP contribution in [-0.2, 0) is 20.9 Å². The maximum atomic E-state index is 11.6. The third-order valence-electron chi connectivity index (χ3n) is 3.09. The zero-order valence-corrected chi connectivity index (χ0v) is 13.8. The zero-order chi connectivity index (χ0) is 17.2. The van der Waals surface area contributed by atoms with Gasteiger partial charge in [0, 0.05) is 11.6 Å². The molecule has 0 fully saturated rings. The Hall–Kier alpha value is -2.53. The van der Waals surface area contributed by atoms with Gasteiger partial charge in [0.2, 0.25) is 0 Å². The minimum Gasteiger partial charge on any atom is -0.493 e. The van der Waals surface area contributed by atoms with E-state index < -0.39 is 5.97 Å². The lowest BCUT2D eigenvalue weighted by Gasteiger charge is -2.08. The van der Waals surface area contributed by atoms with E-state index in [2.05, 4.69) is 5.32 Å². The smallest absolute Gasteiger partial charge is 0.309 e. The second-order valence-corrected chi connectivity index (χ2v) is 5.41. The Labute approximate surface area is 145 Å². The fourth-order valence-corrected chi connectivity index (χ4v) is 1.97. The third kappa shape index (κ3) is 6.71. The summed E-state index contributed by atoms with van der Waals surface area (Å²) in [7, 11) is 0. The molecule has 0 atom stereocenters. The summed E-state index contributed by atoms with van der Waals surface area (Å²) in [4.78, 5) is 23.2. The Morgan fingerprint density at radius 3 is 2.42 bits per heavy atom. The molecule has 0 radical (unpaired) electrons. The van der Waals surface area contributed by atoms with Gasteiger partial charge in [0.25, 0.3) is 5.91 Å². The van der Waals surface area contributed by atoms with Crippen LogP contribution in [0.15, 0.2) is 54.6 Å². The number of carbonyl (C=O) groups excluding carboxylic acids is 2. The molecule has 0 aliphatic carbocycles. The van der Waals surface area contributed by atoms with Crippen LogP contribution in [0.2, 0.25) is 5.02 Å². The van der Waals surface area contributed by atoms with Gasteiger partial charge in [-0.05, 0) is 29.8 Å². The van der Waals surface area contributed by atoms with E-state index in [9.17, 15) is 9.59 Å². The molecular formula is C18H18ClNO4. The Morgan fingerprint density at radius 1 is 1.00 bits per heavy atom. The molecular weight excluding hydrogens is 330 g/mol. The molecule has 0 spiro atoms. The molecule has 24 heavy (non-hydrogen) atoms. The van der Waals surface area contributed by atoms with Gasteiger partial charge in [0.1, 0.15) is 5.75 Å².